The fourth-order valence-corrected chi connectivity index (χ4v) is 3.94. The van der Waals surface area contributed by atoms with Crippen LogP contribution in [-0.2, 0) is 4.74 Å². The van der Waals surface area contributed by atoms with E-state index in [9.17, 15) is 19.7 Å². The number of carbonyl (C=O) groups is 2. The van der Waals surface area contributed by atoms with Crippen LogP contribution in [0.25, 0.3) is 0 Å². The number of aromatic carboxylic acids is 1. The molecule has 8 nitrogen and oxygen atoms in total. The molecule has 0 radical (unpaired) electrons. The first-order valence-corrected chi connectivity index (χ1v) is 8.86. The monoisotopic (exact) mass is 362 g/mol. The number of hydrogen-bond acceptors (Lipinski definition) is 5. The van der Waals surface area contributed by atoms with Gasteiger partial charge in [0.15, 0.2) is 0 Å². The zero-order valence-corrected chi connectivity index (χ0v) is 14.4. The molecule has 1 saturated heterocycles. The quantitative estimate of drug-likeness (QED) is 0.628. The van der Waals surface area contributed by atoms with Gasteiger partial charge < -0.3 is 15.2 Å². The van der Waals surface area contributed by atoms with E-state index < -0.39 is 22.5 Å². The summed E-state index contributed by atoms with van der Waals surface area (Å²) in [4.78, 5) is 34.0. The maximum Gasteiger partial charge on any atom is 0.335 e. The molecule has 2 N–H and O–H groups in total. The van der Waals surface area contributed by atoms with E-state index in [1.165, 1.54) is 12.5 Å². The minimum atomic E-state index is -1.31. The van der Waals surface area contributed by atoms with Crippen molar-refractivity contribution in [2.45, 2.75) is 56.6 Å². The van der Waals surface area contributed by atoms with Crippen LogP contribution in [0.15, 0.2) is 18.2 Å². The molecule has 0 bridgehead atoms. The highest BCUT2D eigenvalue weighted by atomic mass is 16.6. The van der Waals surface area contributed by atoms with Crippen LogP contribution in [-0.4, -0.2) is 40.2 Å². The standard InChI is InChI=1S/C18H22N2O6/c21-16(12-8-13(17(22)23)10-15(9-12)20(24)25)19-14-4-7-26-18(11-14)5-2-1-3-6-18/h8-10,14H,1-7,11H2,(H,19,21)(H,22,23). The van der Waals surface area contributed by atoms with Crippen molar-refractivity contribution in [3.63, 3.8) is 0 Å². The van der Waals surface area contributed by atoms with Gasteiger partial charge in [0.25, 0.3) is 11.6 Å². The Labute approximate surface area is 150 Å². The molecule has 1 aliphatic carbocycles. The number of nitrogens with zero attached hydrogens (tertiary/aromatic N) is 1. The van der Waals surface area contributed by atoms with Crippen LogP contribution in [0.2, 0.25) is 0 Å². The third kappa shape index (κ3) is 4.01. The minimum Gasteiger partial charge on any atom is -0.478 e. The maximum absolute atomic E-state index is 12.6. The summed E-state index contributed by atoms with van der Waals surface area (Å²) in [5.41, 5.74) is -0.879. The number of ether oxygens (including phenoxy) is 1. The van der Waals surface area contributed by atoms with Crippen LogP contribution in [0.4, 0.5) is 5.69 Å². The van der Waals surface area contributed by atoms with Gasteiger partial charge in [-0.1, -0.05) is 19.3 Å². The zero-order valence-electron chi connectivity index (χ0n) is 14.4. The molecule has 140 valence electrons. The SMILES string of the molecule is O=C(O)c1cc(C(=O)NC2CCOC3(CCCCC3)C2)cc([N+](=O)[O-])c1. The molecule has 3 rings (SSSR count). The molecule has 8 heteroatoms. The number of carboxylic acids is 1. The summed E-state index contributed by atoms with van der Waals surface area (Å²) >= 11 is 0. The molecule has 26 heavy (non-hydrogen) atoms. The lowest BCUT2D eigenvalue weighted by molar-refractivity contribution is -0.384. The summed E-state index contributed by atoms with van der Waals surface area (Å²) in [7, 11) is 0. The second kappa shape index (κ2) is 7.41. The highest BCUT2D eigenvalue weighted by Gasteiger charge is 2.39. The van der Waals surface area contributed by atoms with E-state index in [1.54, 1.807) is 0 Å². The van der Waals surface area contributed by atoms with Gasteiger partial charge >= 0.3 is 5.97 Å². The van der Waals surface area contributed by atoms with Gasteiger partial charge in [-0.05, 0) is 31.7 Å². The molecule has 0 aromatic heterocycles. The lowest BCUT2D eigenvalue weighted by Crippen LogP contribution is -2.49. The van der Waals surface area contributed by atoms with Gasteiger partial charge in [-0.2, -0.15) is 0 Å². The normalized spacial score (nSPS) is 21.9. The first-order valence-electron chi connectivity index (χ1n) is 8.86. The average Bonchev–Trinajstić information content (AvgIpc) is 2.62. The lowest BCUT2D eigenvalue weighted by Gasteiger charge is -2.43. The van der Waals surface area contributed by atoms with E-state index >= 15 is 0 Å². The van der Waals surface area contributed by atoms with Crippen molar-refractivity contribution in [1.82, 2.24) is 5.32 Å². The van der Waals surface area contributed by atoms with Crippen molar-refractivity contribution in [1.29, 1.82) is 0 Å². The Morgan fingerprint density at radius 1 is 1.19 bits per heavy atom. The van der Waals surface area contributed by atoms with Gasteiger partial charge in [0.1, 0.15) is 0 Å². The molecule has 1 saturated carbocycles. The third-order valence-electron chi connectivity index (χ3n) is 5.23. The van der Waals surface area contributed by atoms with Crippen molar-refractivity contribution < 1.29 is 24.4 Å². The fourth-order valence-electron chi connectivity index (χ4n) is 3.94. The van der Waals surface area contributed by atoms with Gasteiger partial charge in [0, 0.05) is 30.3 Å². The number of carboxylic acid groups (broad SMARTS) is 1. The molecule has 2 fully saturated rings. The van der Waals surface area contributed by atoms with E-state index in [2.05, 4.69) is 5.32 Å². The molecule has 1 heterocycles. The van der Waals surface area contributed by atoms with Crippen molar-refractivity contribution in [3.05, 3.63) is 39.4 Å². The maximum atomic E-state index is 12.6. The summed E-state index contributed by atoms with van der Waals surface area (Å²) in [5, 5.41) is 23.0. The van der Waals surface area contributed by atoms with E-state index in [0.717, 1.165) is 44.2 Å². The second-order valence-electron chi connectivity index (χ2n) is 7.09. The Balaban J connectivity index is 1.75. The molecule has 2 aliphatic rings. The minimum absolute atomic E-state index is 0.0132. The number of benzene rings is 1. The summed E-state index contributed by atoms with van der Waals surface area (Å²) in [6, 6.07) is 3.14. The first-order chi connectivity index (χ1) is 12.4. The molecule has 1 atom stereocenters. The molecular formula is C18H22N2O6. The zero-order chi connectivity index (χ0) is 18.7. The molecule has 1 aromatic carbocycles. The van der Waals surface area contributed by atoms with Crippen LogP contribution in [0.5, 0.6) is 0 Å². The number of hydrogen-bond donors (Lipinski definition) is 2. The van der Waals surface area contributed by atoms with Gasteiger partial charge in [-0.3, -0.25) is 14.9 Å². The Morgan fingerprint density at radius 2 is 1.88 bits per heavy atom. The van der Waals surface area contributed by atoms with Crippen molar-refractivity contribution in [2.24, 2.45) is 0 Å². The molecular weight excluding hydrogens is 340 g/mol. The van der Waals surface area contributed by atoms with E-state index in [4.69, 9.17) is 9.84 Å². The Bertz CT molecular complexity index is 689. The molecule has 1 aromatic rings. The van der Waals surface area contributed by atoms with Crippen LogP contribution in [0, 0.1) is 10.1 Å². The number of nitro benzene ring substituents is 1. The number of rotatable bonds is 4. The molecule has 1 spiro atoms. The lowest BCUT2D eigenvalue weighted by atomic mass is 9.78. The summed E-state index contributed by atoms with van der Waals surface area (Å²) < 4.78 is 6.01. The van der Waals surface area contributed by atoms with Crippen LogP contribution >= 0.6 is 0 Å². The highest BCUT2D eigenvalue weighted by molar-refractivity contribution is 5.98. The van der Waals surface area contributed by atoms with Crippen LogP contribution < -0.4 is 5.32 Å². The van der Waals surface area contributed by atoms with Gasteiger partial charge in [0.2, 0.25) is 0 Å². The summed E-state index contributed by atoms with van der Waals surface area (Å²) in [5.74, 6) is -1.80. The molecule has 1 aliphatic heterocycles. The van der Waals surface area contributed by atoms with Crippen LogP contribution in [0.3, 0.4) is 0 Å². The van der Waals surface area contributed by atoms with Crippen LogP contribution in [0.1, 0.15) is 65.7 Å². The van der Waals surface area contributed by atoms with Crippen molar-refractivity contribution in [2.75, 3.05) is 6.61 Å². The van der Waals surface area contributed by atoms with E-state index in [-0.39, 0.29) is 22.8 Å². The predicted molar refractivity (Wildman–Crippen MR) is 92.3 cm³/mol. The number of carbonyl (C=O) groups excluding carboxylic acids is 1. The predicted octanol–water partition coefficient (Wildman–Crippen LogP) is 2.90. The Morgan fingerprint density at radius 3 is 2.54 bits per heavy atom. The first kappa shape index (κ1) is 18.3. The van der Waals surface area contributed by atoms with Gasteiger partial charge in [0.05, 0.1) is 16.1 Å². The van der Waals surface area contributed by atoms with Crippen molar-refractivity contribution in [3.8, 4) is 0 Å². The number of nitro groups is 1. The van der Waals surface area contributed by atoms with Gasteiger partial charge in [-0.15, -0.1) is 0 Å². The number of nitrogens with one attached hydrogen (secondary N) is 1. The smallest absolute Gasteiger partial charge is 0.335 e. The molecule has 1 unspecified atom stereocenters. The second-order valence-corrected chi connectivity index (χ2v) is 7.09. The van der Waals surface area contributed by atoms with Gasteiger partial charge in [-0.25, -0.2) is 4.79 Å². The highest BCUT2D eigenvalue weighted by Crippen LogP contribution is 2.38. The summed E-state index contributed by atoms with van der Waals surface area (Å²) in [6.07, 6.45) is 6.81. The largest absolute Gasteiger partial charge is 0.478 e. The number of amides is 1. The Hall–Kier alpha value is -2.48. The summed E-state index contributed by atoms with van der Waals surface area (Å²) in [6.45, 7) is 0.570. The topological polar surface area (TPSA) is 119 Å². The third-order valence-corrected chi connectivity index (χ3v) is 5.23. The Kier molecular flexibility index (Phi) is 5.22. The van der Waals surface area contributed by atoms with Crippen molar-refractivity contribution >= 4 is 17.6 Å². The molecule has 1 amide bonds. The van der Waals surface area contributed by atoms with E-state index in [1.807, 2.05) is 0 Å². The average molecular weight is 362 g/mol. The van der Waals surface area contributed by atoms with E-state index in [0.29, 0.717) is 13.0 Å². The fraction of sp³-hybridized carbons (Fsp3) is 0.556. The number of non-ortho nitro benzene ring substituents is 1.